The lowest BCUT2D eigenvalue weighted by molar-refractivity contribution is -0.149. The molecule has 0 aliphatic carbocycles. The minimum atomic E-state index is -0.769. The number of rotatable bonds is 9. The predicted octanol–water partition coefficient (Wildman–Crippen LogP) is 0.462. The molecule has 1 atom stereocenters. The van der Waals surface area contributed by atoms with Crippen LogP contribution in [0.1, 0.15) is 39.5 Å². The van der Waals surface area contributed by atoms with Crippen molar-refractivity contribution in [1.29, 1.82) is 0 Å². The van der Waals surface area contributed by atoms with Crippen molar-refractivity contribution >= 4 is 5.97 Å². The summed E-state index contributed by atoms with van der Waals surface area (Å²) in [6, 6.07) is 0. The third-order valence-electron chi connectivity index (χ3n) is 2.60. The summed E-state index contributed by atoms with van der Waals surface area (Å²) in [6.45, 7) is 2.94. The fourth-order valence-corrected chi connectivity index (χ4v) is 1.18. The number of hydrogen-bond acceptors (Lipinski definition) is 5. The van der Waals surface area contributed by atoms with Crippen LogP contribution in [0.5, 0.6) is 0 Å². The lowest BCUT2D eigenvalue weighted by atomic mass is 9.94. The molecule has 0 aromatic heterocycles. The van der Waals surface area contributed by atoms with Crippen molar-refractivity contribution in [2.75, 3.05) is 19.8 Å². The quantitative estimate of drug-likeness (QED) is 0.407. The number of carbonyl (C=O) groups excluding carboxylic acids is 1. The van der Waals surface area contributed by atoms with E-state index >= 15 is 0 Å². The minimum absolute atomic E-state index is 0.0231. The summed E-state index contributed by atoms with van der Waals surface area (Å²) in [5, 5.41) is 27.0. The highest BCUT2D eigenvalue weighted by Gasteiger charge is 2.24. The van der Waals surface area contributed by atoms with Gasteiger partial charge in [0.1, 0.15) is 6.61 Å². The molecule has 0 amide bonds. The molecule has 0 aromatic carbocycles. The van der Waals surface area contributed by atoms with E-state index in [4.69, 9.17) is 20.1 Å². The van der Waals surface area contributed by atoms with Crippen LogP contribution in [0.4, 0.5) is 0 Å². The zero-order chi connectivity index (χ0) is 13.3. The standard InChI is InChI=1S/C12H24O5/c1-10(15)5-3-4-6-11(16)17-9-12(2,7-13)8-14/h10,13-15H,3-9H2,1-2H3. The monoisotopic (exact) mass is 248 g/mol. The summed E-state index contributed by atoms with van der Waals surface area (Å²) in [5.74, 6) is -0.330. The smallest absolute Gasteiger partial charge is 0.305 e. The Labute approximate surface area is 102 Å². The highest BCUT2D eigenvalue weighted by atomic mass is 16.5. The molecule has 0 aromatic rings. The van der Waals surface area contributed by atoms with E-state index in [1.54, 1.807) is 13.8 Å². The second-order valence-electron chi connectivity index (χ2n) is 4.88. The molecule has 0 saturated heterocycles. The number of aliphatic hydroxyl groups is 3. The van der Waals surface area contributed by atoms with Crippen LogP contribution in [-0.2, 0) is 9.53 Å². The Balaban J connectivity index is 3.66. The van der Waals surface area contributed by atoms with Gasteiger partial charge >= 0.3 is 5.97 Å². The average Bonchev–Trinajstić information content (AvgIpc) is 2.31. The van der Waals surface area contributed by atoms with E-state index in [2.05, 4.69) is 0 Å². The van der Waals surface area contributed by atoms with Crippen molar-refractivity contribution in [1.82, 2.24) is 0 Å². The van der Waals surface area contributed by atoms with Crippen LogP contribution < -0.4 is 0 Å². The first-order valence-corrected chi connectivity index (χ1v) is 5.99. The van der Waals surface area contributed by atoms with Crippen LogP contribution >= 0.6 is 0 Å². The molecule has 0 rings (SSSR count). The summed E-state index contributed by atoms with van der Waals surface area (Å²) in [5.41, 5.74) is -0.769. The van der Waals surface area contributed by atoms with Crippen LogP contribution in [0.3, 0.4) is 0 Å². The molecular weight excluding hydrogens is 224 g/mol. The number of esters is 1. The highest BCUT2D eigenvalue weighted by molar-refractivity contribution is 5.69. The van der Waals surface area contributed by atoms with Gasteiger partial charge in [0.15, 0.2) is 0 Å². The van der Waals surface area contributed by atoms with Gasteiger partial charge in [0.05, 0.1) is 19.3 Å². The van der Waals surface area contributed by atoms with Gasteiger partial charge < -0.3 is 20.1 Å². The molecule has 0 heterocycles. The van der Waals surface area contributed by atoms with Crippen molar-refractivity contribution in [2.24, 2.45) is 5.41 Å². The van der Waals surface area contributed by atoms with Gasteiger partial charge in [-0.1, -0.05) is 13.3 Å². The zero-order valence-corrected chi connectivity index (χ0v) is 10.7. The second-order valence-corrected chi connectivity index (χ2v) is 4.88. The summed E-state index contributed by atoms with van der Waals surface area (Å²) in [6.07, 6.45) is 2.11. The molecule has 1 unspecified atom stereocenters. The van der Waals surface area contributed by atoms with Crippen molar-refractivity contribution < 1.29 is 24.9 Å². The van der Waals surface area contributed by atoms with Crippen LogP contribution in [0.2, 0.25) is 0 Å². The van der Waals surface area contributed by atoms with E-state index < -0.39 is 5.41 Å². The minimum Gasteiger partial charge on any atom is -0.465 e. The lowest BCUT2D eigenvalue weighted by Gasteiger charge is -2.23. The normalized spacial score (nSPS) is 13.5. The molecule has 0 bridgehead atoms. The molecule has 0 aliphatic heterocycles. The fourth-order valence-electron chi connectivity index (χ4n) is 1.18. The highest BCUT2D eigenvalue weighted by Crippen LogP contribution is 2.15. The number of ether oxygens (including phenoxy) is 1. The van der Waals surface area contributed by atoms with Gasteiger partial charge in [0.25, 0.3) is 0 Å². The second kappa shape index (κ2) is 8.44. The third kappa shape index (κ3) is 8.12. The Kier molecular flexibility index (Phi) is 8.12. The van der Waals surface area contributed by atoms with E-state index in [-0.39, 0.29) is 31.9 Å². The van der Waals surface area contributed by atoms with Gasteiger partial charge in [0.2, 0.25) is 0 Å². The molecule has 17 heavy (non-hydrogen) atoms. The predicted molar refractivity (Wildman–Crippen MR) is 63.4 cm³/mol. The number of aliphatic hydroxyl groups excluding tert-OH is 3. The zero-order valence-electron chi connectivity index (χ0n) is 10.7. The maximum absolute atomic E-state index is 11.3. The first-order chi connectivity index (χ1) is 7.93. The Morgan fingerprint density at radius 1 is 1.29 bits per heavy atom. The van der Waals surface area contributed by atoms with E-state index in [1.807, 2.05) is 0 Å². The average molecular weight is 248 g/mol. The molecule has 0 fully saturated rings. The molecule has 5 heteroatoms. The number of carbonyl (C=O) groups is 1. The summed E-state index contributed by atoms with van der Waals surface area (Å²) in [4.78, 5) is 11.3. The first-order valence-electron chi connectivity index (χ1n) is 5.99. The summed E-state index contributed by atoms with van der Waals surface area (Å²) < 4.78 is 4.97. The van der Waals surface area contributed by atoms with Crippen LogP contribution in [0, 0.1) is 5.41 Å². The largest absolute Gasteiger partial charge is 0.465 e. The van der Waals surface area contributed by atoms with E-state index in [1.165, 1.54) is 0 Å². The van der Waals surface area contributed by atoms with E-state index in [0.717, 1.165) is 6.42 Å². The number of hydrogen-bond donors (Lipinski definition) is 3. The Bertz CT molecular complexity index is 211. The summed E-state index contributed by atoms with van der Waals surface area (Å²) >= 11 is 0. The molecule has 0 spiro atoms. The Morgan fingerprint density at radius 2 is 1.88 bits per heavy atom. The fraction of sp³-hybridized carbons (Fsp3) is 0.917. The van der Waals surface area contributed by atoms with Crippen LogP contribution in [0.15, 0.2) is 0 Å². The molecule has 3 N–H and O–H groups in total. The van der Waals surface area contributed by atoms with Crippen molar-refractivity contribution in [3.63, 3.8) is 0 Å². The number of unbranched alkanes of at least 4 members (excludes halogenated alkanes) is 1. The van der Waals surface area contributed by atoms with Gasteiger partial charge in [-0.3, -0.25) is 4.79 Å². The molecule has 0 aliphatic rings. The van der Waals surface area contributed by atoms with Crippen molar-refractivity contribution in [2.45, 2.75) is 45.6 Å². The van der Waals surface area contributed by atoms with Crippen LogP contribution in [0.25, 0.3) is 0 Å². The Morgan fingerprint density at radius 3 is 2.35 bits per heavy atom. The van der Waals surface area contributed by atoms with Gasteiger partial charge in [0, 0.05) is 11.8 Å². The van der Waals surface area contributed by atoms with Crippen molar-refractivity contribution in [3.05, 3.63) is 0 Å². The SMILES string of the molecule is CC(O)CCCCC(=O)OCC(C)(CO)CO. The molecule has 0 radical (unpaired) electrons. The van der Waals surface area contributed by atoms with Crippen molar-refractivity contribution in [3.8, 4) is 0 Å². The van der Waals surface area contributed by atoms with Crippen LogP contribution in [-0.4, -0.2) is 47.2 Å². The first kappa shape index (κ1) is 16.4. The lowest BCUT2D eigenvalue weighted by Crippen LogP contribution is -2.32. The maximum Gasteiger partial charge on any atom is 0.305 e. The molecule has 102 valence electrons. The summed E-state index contributed by atoms with van der Waals surface area (Å²) in [7, 11) is 0. The molecule has 5 nitrogen and oxygen atoms in total. The van der Waals surface area contributed by atoms with Gasteiger partial charge in [-0.25, -0.2) is 0 Å². The van der Waals surface area contributed by atoms with Gasteiger partial charge in [-0.2, -0.15) is 0 Å². The van der Waals surface area contributed by atoms with Gasteiger partial charge in [-0.15, -0.1) is 0 Å². The van der Waals surface area contributed by atoms with E-state index in [0.29, 0.717) is 19.3 Å². The molecular formula is C12H24O5. The van der Waals surface area contributed by atoms with Gasteiger partial charge in [-0.05, 0) is 19.8 Å². The maximum atomic E-state index is 11.3. The molecule has 0 saturated carbocycles. The van der Waals surface area contributed by atoms with E-state index in [9.17, 15) is 4.79 Å². The topological polar surface area (TPSA) is 87.0 Å². The third-order valence-corrected chi connectivity index (χ3v) is 2.60. The Hall–Kier alpha value is -0.650.